The molecule has 0 spiro atoms. The zero-order valence-electron chi connectivity index (χ0n) is 16.8. The third-order valence-electron chi connectivity index (χ3n) is 4.56. The number of hydrogen-bond acceptors (Lipinski definition) is 5. The van der Waals surface area contributed by atoms with Crippen LogP contribution in [-0.2, 0) is 6.54 Å². The molecule has 0 aliphatic rings. The molecule has 0 amide bonds. The number of Topliss-reactive ketones (excluding diaryl/α,β-unsaturated/α-hetero) is 1. The van der Waals surface area contributed by atoms with Crippen LogP contribution in [0.1, 0.15) is 16.1 Å². The van der Waals surface area contributed by atoms with Crippen LogP contribution in [0.5, 0.6) is 17.2 Å². The molecule has 0 radical (unpaired) electrons. The van der Waals surface area contributed by atoms with Gasteiger partial charge in [0.15, 0.2) is 18.1 Å². The molecule has 3 aromatic rings. The van der Waals surface area contributed by atoms with E-state index in [2.05, 4.69) is 0 Å². The maximum Gasteiger partial charge on any atom is 0.223 e. The van der Waals surface area contributed by atoms with Gasteiger partial charge in [-0.3, -0.25) is 9.59 Å². The highest BCUT2D eigenvalue weighted by Crippen LogP contribution is 2.17. The maximum atomic E-state index is 13.0. The first-order valence-corrected chi connectivity index (χ1v) is 9.36. The lowest BCUT2D eigenvalue weighted by Crippen LogP contribution is -2.20. The van der Waals surface area contributed by atoms with Crippen molar-refractivity contribution in [2.75, 3.05) is 20.3 Å². The monoisotopic (exact) mass is 411 g/mol. The highest BCUT2D eigenvalue weighted by atomic mass is 19.1. The minimum absolute atomic E-state index is 0.109. The molecular formula is C23H22FNO5. The molecular weight excluding hydrogens is 389 g/mol. The number of carbonyl (C=O) groups is 1. The summed E-state index contributed by atoms with van der Waals surface area (Å²) in [5.41, 5.74) is 0.595. The Bertz CT molecular complexity index is 1060. The fourth-order valence-corrected chi connectivity index (χ4v) is 2.86. The number of nitrogens with zero attached hydrogens (tertiary/aromatic N) is 1. The second-order valence-electron chi connectivity index (χ2n) is 6.53. The van der Waals surface area contributed by atoms with Crippen molar-refractivity contribution in [3.63, 3.8) is 0 Å². The second kappa shape index (κ2) is 9.73. The van der Waals surface area contributed by atoms with E-state index in [0.29, 0.717) is 30.2 Å². The van der Waals surface area contributed by atoms with Gasteiger partial charge >= 0.3 is 0 Å². The molecule has 1 heterocycles. The van der Waals surface area contributed by atoms with Crippen molar-refractivity contribution in [1.29, 1.82) is 0 Å². The molecule has 1 aromatic heterocycles. The van der Waals surface area contributed by atoms with Crippen molar-refractivity contribution >= 4 is 5.78 Å². The number of rotatable bonds is 9. The lowest BCUT2D eigenvalue weighted by molar-refractivity contribution is 0.0919. The third-order valence-corrected chi connectivity index (χ3v) is 4.56. The van der Waals surface area contributed by atoms with Gasteiger partial charge in [-0.05, 0) is 55.5 Å². The molecule has 7 heteroatoms. The lowest BCUT2D eigenvalue weighted by Gasteiger charge is -2.15. The summed E-state index contributed by atoms with van der Waals surface area (Å²) in [5.74, 6) is 0.794. The summed E-state index contributed by atoms with van der Waals surface area (Å²) in [6.45, 7) is 2.30. The van der Waals surface area contributed by atoms with Crippen LogP contribution < -0.4 is 19.6 Å². The van der Waals surface area contributed by atoms with Gasteiger partial charge in [-0.2, -0.15) is 0 Å². The summed E-state index contributed by atoms with van der Waals surface area (Å²) in [7, 11) is 1.60. The highest BCUT2D eigenvalue weighted by Gasteiger charge is 2.12. The lowest BCUT2D eigenvalue weighted by atomic mass is 10.1. The van der Waals surface area contributed by atoms with Crippen LogP contribution in [0.3, 0.4) is 0 Å². The summed E-state index contributed by atoms with van der Waals surface area (Å²) in [4.78, 5) is 24.4. The molecule has 0 aliphatic carbocycles. The first kappa shape index (κ1) is 21.1. The van der Waals surface area contributed by atoms with Crippen LogP contribution in [0.4, 0.5) is 4.39 Å². The number of hydrogen-bond donors (Lipinski definition) is 0. The van der Waals surface area contributed by atoms with E-state index in [9.17, 15) is 14.0 Å². The minimum atomic E-state index is -0.425. The Hall–Kier alpha value is -3.61. The molecule has 0 aliphatic heterocycles. The third kappa shape index (κ3) is 5.26. The van der Waals surface area contributed by atoms with Gasteiger partial charge in [-0.1, -0.05) is 0 Å². The van der Waals surface area contributed by atoms with Gasteiger partial charge in [-0.15, -0.1) is 0 Å². The summed E-state index contributed by atoms with van der Waals surface area (Å²) in [6, 6.07) is 13.8. The van der Waals surface area contributed by atoms with Gasteiger partial charge in [0.25, 0.3) is 0 Å². The smallest absolute Gasteiger partial charge is 0.223 e. The number of carbonyl (C=O) groups excluding carboxylic acids is 1. The summed E-state index contributed by atoms with van der Waals surface area (Å²) in [6.07, 6.45) is 1.66. The number of halogens is 1. The van der Waals surface area contributed by atoms with Gasteiger partial charge in [0.2, 0.25) is 5.43 Å². The summed E-state index contributed by atoms with van der Waals surface area (Å²) < 4.78 is 31.2. The number of aromatic nitrogens is 1. The fourth-order valence-electron chi connectivity index (χ4n) is 2.86. The molecule has 0 saturated carbocycles. The van der Waals surface area contributed by atoms with E-state index in [0.717, 1.165) is 5.75 Å². The van der Waals surface area contributed by atoms with Crippen molar-refractivity contribution in [2.24, 2.45) is 0 Å². The predicted octanol–water partition coefficient (Wildman–Crippen LogP) is 3.65. The topological polar surface area (TPSA) is 66.8 Å². The standard InChI is InChI=1S/C23H22FNO5/c1-16-23(30-15-22(27)17-3-5-18(24)6-4-17)21(26)11-12-25(16)13-14-29-20-9-7-19(28-2)8-10-20/h3-12H,13-15H2,1-2H3. The van der Waals surface area contributed by atoms with Gasteiger partial charge in [0.05, 0.1) is 19.3 Å². The molecule has 2 aromatic carbocycles. The molecule has 0 unspecified atom stereocenters. The van der Waals surface area contributed by atoms with E-state index >= 15 is 0 Å². The molecule has 30 heavy (non-hydrogen) atoms. The first-order chi connectivity index (χ1) is 14.5. The predicted molar refractivity (Wildman–Crippen MR) is 110 cm³/mol. The van der Waals surface area contributed by atoms with E-state index in [-0.39, 0.29) is 23.6 Å². The zero-order chi connectivity index (χ0) is 21.5. The molecule has 0 saturated heterocycles. The molecule has 0 atom stereocenters. The average molecular weight is 411 g/mol. The Morgan fingerprint density at radius 2 is 1.63 bits per heavy atom. The van der Waals surface area contributed by atoms with Crippen molar-refractivity contribution in [2.45, 2.75) is 13.5 Å². The van der Waals surface area contributed by atoms with Crippen LogP contribution in [0.25, 0.3) is 0 Å². The summed E-state index contributed by atoms with van der Waals surface area (Å²) in [5, 5.41) is 0. The average Bonchev–Trinajstić information content (AvgIpc) is 2.76. The van der Waals surface area contributed by atoms with Crippen molar-refractivity contribution in [3.8, 4) is 17.2 Å². The largest absolute Gasteiger partial charge is 0.497 e. The molecule has 0 N–H and O–H groups in total. The molecule has 0 fully saturated rings. The van der Waals surface area contributed by atoms with Crippen LogP contribution >= 0.6 is 0 Å². The fraction of sp³-hybridized carbons (Fsp3) is 0.217. The van der Waals surface area contributed by atoms with Gasteiger partial charge in [0.1, 0.15) is 23.9 Å². The normalized spacial score (nSPS) is 10.5. The quantitative estimate of drug-likeness (QED) is 0.503. The number of benzene rings is 2. The minimum Gasteiger partial charge on any atom is -0.497 e. The first-order valence-electron chi connectivity index (χ1n) is 9.36. The maximum absolute atomic E-state index is 13.0. The van der Waals surface area contributed by atoms with Crippen LogP contribution in [-0.4, -0.2) is 30.7 Å². The van der Waals surface area contributed by atoms with E-state index in [1.54, 1.807) is 20.2 Å². The molecule has 0 bridgehead atoms. The number of methoxy groups -OCH3 is 1. The second-order valence-corrected chi connectivity index (χ2v) is 6.53. The molecule has 156 valence electrons. The number of pyridine rings is 1. The van der Waals surface area contributed by atoms with Crippen LogP contribution in [0.15, 0.2) is 65.6 Å². The van der Waals surface area contributed by atoms with E-state index in [1.807, 2.05) is 28.8 Å². The molecule has 3 rings (SSSR count). The van der Waals surface area contributed by atoms with E-state index in [4.69, 9.17) is 14.2 Å². The van der Waals surface area contributed by atoms with Crippen molar-refractivity contribution in [3.05, 3.63) is 88.1 Å². The Morgan fingerprint density at radius 1 is 0.967 bits per heavy atom. The van der Waals surface area contributed by atoms with Crippen LogP contribution in [0.2, 0.25) is 0 Å². The number of ether oxygens (including phenoxy) is 3. The Kier molecular flexibility index (Phi) is 6.85. The van der Waals surface area contributed by atoms with Gasteiger partial charge in [0, 0.05) is 17.8 Å². The van der Waals surface area contributed by atoms with Crippen molar-refractivity contribution < 1.29 is 23.4 Å². The zero-order valence-corrected chi connectivity index (χ0v) is 16.8. The van der Waals surface area contributed by atoms with Crippen LogP contribution in [0, 0.1) is 12.7 Å². The Morgan fingerprint density at radius 3 is 2.30 bits per heavy atom. The van der Waals surface area contributed by atoms with Crippen molar-refractivity contribution in [1.82, 2.24) is 4.57 Å². The Balaban J connectivity index is 1.61. The van der Waals surface area contributed by atoms with Gasteiger partial charge < -0.3 is 18.8 Å². The SMILES string of the molecule is COc1ccc(OCCn2ccc(=O)c(OCC(=O)c3ccc(F)cc3)c2C)cc1. The summed E-state index contributed by atoms with van der Waals surface area (Å²) >= 11 is 0. The molecule has 6 nitrogen and oxygen atoms in total. The Labute approximate surface area is 173 Å². The number of ketones is 1. The highest BCUT2D eigenvalue weighted by molar-refractivity contribution is 5.97. The van der Waals surface area contributed by atoms with Gasteiger partial charge in [-0.25, -0.2) is 4.39 Å². The van der Waals surface area contributed by atoms with E-state index in [1.165, 1.54) is 30.3 Å². The van der Waals surface area contributed by atoms with E-state index < -0.39 is 5.82 Å².